The van der Waals surface area contributed by atoms with Gasteiger partial charge in [0.2, 0.25) is 0 Å². The highest BCUT2D eigenvalue weighted by Gasteiger charge is 2.38. The normalized spacial score (nSPS) is 31.4. The van der Waals surface area contributed by atoms with E-state index in [0.717, 1.165) is 18.1 Å². The molecule has 2 heterocycles. The molecule has 0 radical (unpaired) electrons. The zero-order valence-corrected chi connectivity index (χ0v) is 13.1. The van der Waals surface area contributed by atoms with Crippen molar-refractivity contribution in [2.75, 3.05) is 11.9 Å². The first-order valence-corrected chi connectivity index (χ1v) is 8.07. The van der Waals surface area contributed by atoms with E-state index in [9.17, 15) is 0 Å². The van der Waals surface area contributed by atoms with Crippen LogP contribution in [0.5, 0.6) is 0 Å². The number of anilines is 1. The van der Waals surface area contributed by atoms with Crippen LogP contribution in [0.15, 0.2) is 24.3 Å². The van der Waals surface area contributed by atoms with Crippen molar-refractivity contribution in [3.05, 3.63) is 27.8 Å². The smallest absolute Gasteiger partial charge is 0.0506 e. The van der Waals surface area contributed by atoms with Crippen LogP contribution >= 0.6 is 22.6 Å². The van der Waals surface area contributed by atoms with Crippen LogP contribution in [0.3, 0.4) is 0 Å². The molecule has 2 unspecified atom stereocenters. The third-order valence-corrected chi connectivity index (χ3v) is 5.43. The molecule has 0 amide bonds. The number of fused-ring (bicyclic) bond motifs is 2. The van der Waals surface area contributed by atoms with Crippen molar-refractivity contribution in [3.63, 3.8) is 0 Å². The van der Waals surface area contributed by atoms with E-state index in [1.165, 1.54) is 41.4 Å². The summed E-state index contributed by atoms with van der Waals surface area (Å²) >= 11 is 2.48. The van der Waals surface area contributed by atoms with Gasteiger partial charge in [-0.15, -0.1) is 0 Å². The molecule has 0 spiro atoms. The molecular formula is C15H21IN2. The van der Waals surface area contributed by atoms with Crippen LogP contribution < -0.4 is 10.2 Å². The number of nitrogens with zero attached hydrogens (tertiary/aromatic N) is 1. The molecule has 2 nitrogen and oxygen atoms in total. The fourth-order valence-electron chi connectivity index (χ4n) is 3.67. The predicted octanol–water partition coefficient (Wildman–Crippen LogP) is 3.40. The fourth-order valence-corrected chi connectivity index (χ4v) is 4.34. The van der Waals surface area contributed by atoms with Gasteiger partial charge in [0.25, 0.3) is 0 Å². The Morgan fingerprint density at radius 1 is 1.17 bits per heavy atom. The van der Waals surface area contributed by atoms with Gasteiger partial charge in [-0.25, -0.2) is 0 Å². The highest BCUT2D eigenvalue weighted by atomic mass is 127. The number of benzene rings is 1. The SMILES string of the molecule is CNC1CC2CCCC(C1)N2c1ccccc1I. The van der Waals surface area contributed by atoms with E-state index >= 15 is 0 Å². The van der Waals surface area contributed by atoms with Crippen LogP contribution in [0.4, 0.5) is 5.69 Å². The molecule has 1 N–H and O–H groups in total. The number of hydrogen-bond acceptors (Lipinski definition) is 2. The number of piperidine rings is 2. The standard InChI is InChI=1S/C15H21IN2/c1-17-11-9-12-5-4-6-13(10-11)18(12)15-8-3-2-7-14(15)16/h2-3,7-8,11-13,17H,4-6,9-10H2,1H3. The van der Waals surface area contributed by atoms with Crippen molar-refractivity contribution >= 4 is 28.3 Å². The van der Waals surface area contributed by atoms with Gasteiger partial charge in [0, 0.05) is 21.7 Å². The topological polar surface area (TPSA) is 15.3 Å². The molecule has 3 heteroatoms. The second-order valence-corrected chi connectivity index (χ2v) is 6.72. The van der Waals surface area contributed by atoms with Crippen LogP contribution in [0.1, 0.15) is 32.1 Å². The monoisotopic (exact) mass is 356 g/mol. The molecule has 2 saturated heterocycles. The second kappa shape index (κ2) is 5.37. The molecule has 1 aromatic carbocycles. The summed E-state index contributed by atoms with van der Waals surface area (Å²) in [5.41, 5.74) is 1.46. The van der Waals surface area contributed by atoms with E-state index in [0.29, 0.717) is 0 Å². The van der Waals surface area contributed by atoms with E-state index in [-0.39, 0.29) is 0 Å². The van der Waals surface area contributed by atoms with Crippen molar-refractivity contribution < 1.29 is 0 Å². The van der Waals surface area contributed by atoms with E-state index in [4.69, 9.17) is 0 Å². The molecule has 0 aromatic heterocycles. The summed E-state index contributed by atoms with van der Waals surface area (Å²) in [6.45, 7) is 0. The Hall–Kier alpha value is -0.290. The highest BCUT2D eigenvalue weighted by Crippen LogP contribution is 2.39. The molecule has 18 heavy (non-hydrogen) atoms. The number of para-hydroxylation sites is 1. The number of nitrogens with one attached hydrogen (secondary N) is 1. The molecule has 2 aliphatic rings. The Labute approximate surface area is 123 Å². The third-order valence-electron chi connectivity index (χ3n) is 4.51. The van der Waals surface area contributed by atoms with E-state index in [1.54, 1.807) is 0 Å². The maximum absolute atomic E-state index is 3.49. The van der Waals surface area contributed by atoms with Gasteiger partial charge in [-0.3, -0.25) is 0 Å². The zero-order chi connectivity index (χ0) is 12.5. The van der Waals surface area contributed by atoms with Crippen LogP contribution in [0, 0.1) is 3.57 Å². The van der Waals surface area contributed by atoms with Crippen molar-refractivity contribution in [1.29, 1.82) is 0 Å². The van der Waals surface area contributed by atoms with E-state index in [1.807, 2.05) is 0 Å². The maximum Gasteiger partial charge on any atom is 0.0506 e. The summed E-state index contributed by atoms with van der Waals surface area (Å²) < 4.78 is 1.40. The second-order valence-electron chi connectivity index (χ2n) is 5.55. The molecule has 0 aliphatic carbocycles. The maximum atomic E-state index is 3.49. The summed E-state index contributed by atoms with van der Waals surface area (Å²) in [6, 6.07) is 11.1. The van der Waals surface area contributed by atoms with Gasteiger partial charge in [0.1, 0.15) is 0 Å². The fraction of sp³-hybridized carbons (Fsp3) is 0.600. The Kier molecular flexibility index (Phi) is 3.80. The highest BCUT2D eigenvalue weighted by molar-refractivity contribution is 14.1. The minimum Gasteiger partial charge on any atom is -0.365 e. The van der Waals surface area contributed by atoms with Crippen molar-refractivity contribution in [1.82, 2.24) is 5.32 Å². The average Bonchev–Trinajstić information content (AvgIpc) is 2.38. The third kappa shape index (κ3) is 2.27. The quantitative estimate of drug-likeness (QED) is 0.818. The lowest BCUT2D eigenvalue weighted by Crippen LogP contribution is -2.56. The van der Waals surface area contributed by atoms with Crippen molar-refractivity contribution in [2.24, 2.45) is 0 Å². The largest absolute Gasteiger partial charge is 0.365 e. The molecule has 1 aromatic rings. The van der Waals surface area contributed by atoms with Gasteiger partial charge >= 0.3 is 0 Å². The first kappa shape index (κ1) is 12.7. The molecule has 0 saturated carbocycles. The average molecular weight is 356 g/mol. The molecule has 2 bridgehead atoms. The number of halogens is 1. The van der Waals surface area contributed by atoms with Crippen molar-refractivity contribution in [3.8, 4) is 0 Å². The van der Waals surface area contributed by atoms with Gasteiger partial charge in [0.05, 0.1) is 5.69 Å². The van der Waals surface area contributed by atoms with Gasteiger partial charge < -0.3 is 10.2 Å². The van der Waals surface area contributed by atoms with Crippen LogP contribution in [0.25, 0.3) is 0 Å². The molecule has 2 atom stereocenters. The van der Waals surface area contributed by atoms with Gasteiger partial charge in [-0.2, -0.15) is 0 Å². The zero-order valence-electron chi connectivity index (χ0n) is 10.9. The summed E-state index contributed by atoms with van der Waals surface area (Å²) in [7, 11) is 2.11. The van der Waals surface area contributed by atoms with E-state index in [2.05, 4.69) is 64.1 Å². The minimum absolute atomic E-state index is 0.720. The number of hydrogen-bond donors (Lipinski definition) is 1. The lowest BCUT2D eigenvalue weighted by Gasteiger charge is -2.50. The Morgan fingerprint density at radius 2 is 1.83 bits per heavy atom. The summed E-state index contributed by atoms with van der Waals surface area (Å²) in [5, 5.41) is 3.49. The van der Waals surface area contributed by atoms with Crippen molar-refractivity contribution in [2.45, 2.75) is 50.2 Å². The Bertz CT molecular complexity index is 407. The van der Waals surface area contributed by atoms with Crippen LogP contribution in [-0.4, -0.2) is 25.2 Å². The first-order valence-electron chi connectivity index (χ1n) is 6.99. The summed E-state index contributed by atoms with van der Waals surface area (Å²) in [5.74, 6) is 0. The molecule has 98 valence electrons. The lowest BCUT2D eigenvalue weighted by molar-refractivity contribution is 0.252. The van der Waals surface area contributed by atoms with Gasteiger partial charge in [-0.05, 0) is 73.9 Å². The predicted molar refractivity (Wildman–Crippen MR) is 85.1 cm³/mol. The molecule has 2 aliphatic heterocycles. The molecular weight excluding hydrogens is 335 g/mol. The van der Waals surface area contributed by atoms with Gasteiger partial charge in [-0.1, -0.05) is 12.1 Å². The molecule has 2 fully saturated rings. The summed E-state index contributed by atoms with van der Waals surface area (Å²) in [4.78, 5) is 2.72. The van der Waals surface area contributed by atoms with Crippen LogP contribution in [-0.2, 0) is 0 Å². The van der Waals surface area contributed by atoms with Gasteiger partial charge in [0.15, 0.2) is 0 Å². The van der Waals surface area contributed by atoms with Crippen LogP contribution in [0.2, 0.25) is 0 Å². The first-order chi connectivity index (χ1) is 8.79. The Morgan fingerprint density at radius 3 is 2.44 bits per heavy atom. The number of rotatable bonds is 2. The lowest BCUT2D eigenvalue weighted by atomic mass is 9.81. The molecule has 3 rings (SSSR count). The minimum atomic E-state index is 0.720. The van der Waals surface area contributed by atoms with E-state index < -0.39 is 0 Å². The summed E-state index contributed by atoms with van der Waals surface area (Å²) in [6.07, 6.45) is 6.74. The Balaban J connectivity index is 1.90.